The minimum absolute atomic E-state index is 0.543. The van der Waals surface area contributed by atoms with Gasteiger partial charge in [-0.2, -0.15) is 0 Å². The fourth-order valence-corrected chi connectivity index (χ4v) is 8.61. The molecule has 0 saturated carbocycles. The van der Waals surface area contributed by atoms with Crippen LogP contribution in [0.15, 0.2) is 185 Å². The van der Waals surface area contributed by atoms with Crippen LogP contribution in [0.4, 0.5) is 39.8 Å². The Hall–Kier alpha value is -7.81. The average molecular weight is 746 g/mol. The summed E-state index contributed by atoms with van der Waals surface area (Å²) in [6, 6.07) is 61.4. The van der Waals surface area contributed by atoms with Gasteiger partial charge < -0.3 is 18.6 Å². The second-order valence-electron chi connectivity index (χ2n) is 15.0. The summed E-state index contributed by atoms with van der Waals surface area (Å²) in [5.41, 5.74) is 12.1. The van der Waals surface area contributed by atoms with E-state index in [2.05, 4.69) is 186 Å². The number of rotatable bonds is 6. The molecule has 5 nitrogen and oxygen atoms in total. The van der Waals surface area contributed by atoms with Gasteiger partial charge in [0.05, 0.1) is 6.57 Å². The number of anilines is 6. The molecule has 274 valence electrons. The largest absolute Gasteiger partial charge is 0.453 e. The summed E-state index contributed by atoms with van der Waals surface area (Å²) in [6.45, 7) is 12.6. The number of aryl methyl sites for hydroxylation is 2. The number of benzene rings is 9. The molecule has 11 aromatic rings. The van der Waals surface area contributed by atoms with Crippen molar-refractivity contribution in [1.82, 2.24) is 0 Å². The van der Waals surface area contributed by atoms with E-state index in [4.69, 9.17) is 15.4 Å². The minimum atomic E-state index is 0.543. The Labute approximate surface area is 335 Å². The molecule has 11 rings (SSSR count). The first kappa shape index (κ1) is 33.5. The van der Waals surface area contributed by atoms with Gasteiger partial charge in [-0.05, 0) is 138 Å². The van der Waals surface area contributed by atoms with Crippen molar-refractivity contribution in [3.8, 4) is 0 Å². The number of hydrogen-bond acceptors (Lipinski definition) is 4. The fraction of sp³-hybridized carbons (Fsp3) is 0.0377. The van der Waals surface area contributed by atoms with Crippen molar-refractivity contribution in [3.63, 3.8) is 0 Å². The predicted molar refractivity (Wildman–Crippen MR) is 241 cm³/mol. The zero-order valence-electron chi connectivity index (χ0n) is 31.9. The molecule has 58 heavy (non-hydrogen) atoms. The Morgan fingerprint density at radius 1 is 0.414 bits per heavy atom. The number of hydrogen-bond donors (Lipinski definition) is 0. The number of nitrogens with zero attached hydrogens (tertiary/aromatic N) is 3. The highest BCUT2D eigenvalue weighted by Gasteiger charge is 2.22. The predicted octanol–water partition coefficient (Wildman–Crippen LogP) is 15.9. The van der Waals surface area contributed by atoms with Gasteiger partial charge in [-0.3, -0.25) is 0 Å². The van der Waals surface area contributed by atoms with Crippen LogP contribution >= 0.6 is 0 Å². The lowest BCUT2D eigenvalue weighted by Gasteiger charge is -2.27. The summed E-state index contributed by atoms with van der Waals surface area (Å²) in [5.74, 6) is 0. The molecule has 0 bridgehead atoms. The van der Waals surface area contributed by atoms with Crippen LogP contribution in [0.25, 0.3) is 70.3 Å². The van der Waals surface area contributed by atoms with Crippen molar-refractivity contribution >= 4 is 105 Å². The lowest BCUT2D eigenvalue weighted by molar-refractivity contribution is 0.634. The highest BCUT2D eigenvalue weighted by atomic mass is 16.4. The Bertz CT molecular complexity index is 3450. The van der Waals surface area contributed by atoms with Crippen LogP contribution in [0.5, 0.6) is 0 Å². The molecule has 0 atom stereocenters. The van der Waals surface area contributed by atoms with Crippen molar-refractivity contribution < 1.29 is 8.83 Å². The third kappa shape index (κ3) is 5.31. The molecule has 0 unspecified atom stereocenters. The Morgan fingerprint density at radius 2 is 0.897 bits per heavy atom. The number of para-hydroxylation sites is 4. The van der Waals surface area contributed by atoms with E-state index in [1.54, 1.807) is 0 Å². The molecule has 5 heteroatoms. The Balaban J connectivity index is 1.07. The van der Waals surface area contributed by atoms with E-state index in [0.717, 1.165) is 82.8 Å². The van der Waals surface area contributed by atoms with Crippen molar-refractivity contribution in [1.29, 1.82) is 0 Å². The van der Waals surface area contributed by atoms with Crippen LogP contribution < -0.4 is 9.80 Å². The third-order valence-electron chi connectivity index (χ3n) is 11.4. The summed E-state index contributed by atoms with van der Waals surface area (Å²) < 4.78 is 13.5. The minimum Gasteiger partial charge on any atom is -0.453 e. The summed E-state index contributed by atoms with van der Waals surface area (Å²) in [5, 5.41) is 7.74. The number of fused-ring (bicyclic) bond motifs is 9. The summed E-state index contributed by atoms with van der Waals surface area (Å²) in [6.07, 6.45) is 0. The van der Waals surface area contributed by atoms with E-state index >= 15 is 0 Å². The maximum absolute atomic E-state index is 8.29. The molecule has 2 heterocycles. The van der Waals surface area contributed by atoms with E-state index in [1.807, 2.05) is 18.2 Å². The first-order valence-corrected chi connectivity index (χ1v) is 19.4. The van der Waals surface area contributed by atoms with E-state index < -0.39 is 0 Å². The molecular weight excluding hydrogens is 711 g/mol. The van der Waals surface area contributed by atoms with Gasteiger partial charge >= 0.3 is 0 Å². The SMILES string of the molecule is [C-]#[N+]c1cc2c3cc4ccc(N(c5ccccc5)c5ccccc5C)cc4cc3oc2c2oc3cc4cc(N(c5ccccc5)c5ccccc5C)ccc4cc3c12. The average Bonchev–Trinajstić information content (AvgIpc) is 3.81. The topological polar surface area (TPSA) is 37.1 Å². The van der Waals surface area contributed by atoms with Gasteiger partial charge in [0, 0.05) is 55.7 Å². The molecule has 2 aromatic heterocycles. The smallest absolute Gasteiger partial charge is 0.199 e. The first-order chi connectivity index (χ1) is 28.5. The zero-order chi connectivity index (χ0) is 38.9. The van der Waals surface area contributed by atoms with Crippen LogP contribution in [0, 0.1) is 20.4 Å². The second kappa shape index (κ2) is 13.2. The molecule has 0 radical (unpaired) electrons. The van der Waals surface area contributed by atoms with Crippen molar-refractivity contribution in [2.24, 2.45) is 0 Å². The molecule has 0 spiro atoms. The molecule has 9 aromatic carbocycles. The van der Waals surface area contributed by atoms with Crippen molar-refractivity contribution in [2.75, 3.05) is 9.80 Å². The van der Waals surface area contributed by atoms with Gasteiger partial charge in [-0.25, -0.2) is 4.85 Å². The molecule has 0 amide bonds. The fourth-order valence-electron chi connectivity index (χ4n) is 8.61. The van der Waals surface area contributed by atoms with Crippen LogP contribution in [0.1, 0.15) is 11.1 Å². The van der Waals surface area contributed by atoms with Crippen LogP contribution in [-0.4, -0.2) is 0 Å². The van der Waals surface area contributed by atoms with E-state index in [-0.39, 0.29) is 0 Å². The molecule has 0 saturated heterocycles. The van der Waals surface area contributed by atoms with Gasteiger partial charge in [0.1, 0.15) is 11.2 Å². The quantitative estimate of drug-likeness (QED) is 0.159. The van der Waals surface area contributed by atoms with Gasteiger partial charge in [0.15, 0.2) is 16.9 Å². The maximum Gasteiger partial charge on any atom is 0.199 e. The normalized spacial score (nSPS) is 11.6. The molecule has 0 aliphatic rings. The van der Waals surface area contributed by atoms with Gasteiger partial charge in [-0.15, -0.1) is 0 Å². The van der Waals surface area contributed by atoms with Gasteiger partial charge in [0.2, 0.25) is 0 Å². The Kier molecular flexibility index (Phi) is 7.60. The summed E-state index contributed by atoms with van der Waals surface area (Å²) in [7, 11) is 0. The second-order valence-corrected chi connectivity index (χ2v) is 15.0. The van der Waals surface area contributed by atoms with E-state index in [0.29, 0.717) is 22.4 Å². The molecule has 0 aliphatic heterocycles. The van der Waals surface area contributed by atoms with E-state index in [1.165, 1.54) is 11.1 Å². The summed E-state index contributed by atoms with van der Waals surface area (Å²) in [4.78, 5) is 8.64. The zero-order valence-corrected chi connectivity index (χ0v) is 31.9. The standard InChI is InChI=1S/C53H35N3O2/c1-33-14-10-12-20-47(33)55(39-16-6-4-7-17-39)41-24-22-35-28-43-44-32-46(54-3)51-45-29-36-23-25-42(56(40-18-8-5-9-19-40)48-21-13-11-15-34(48)2)27-38(36)31-50(45)58-53(51)52(44)57-49(43)30-37(35)26-41/h4-32H,1-2H3. The summed E-state index contributed by atoms with van der Waals surface area (Å²) >= 11 is 0. The van der Waals surface area contributed by atoms with Crippen LogP contribution in [0.2, 0.25) is 0 Å². The lowest BCUT2D eigenvalue weighted by atomic mass is 10.0. The molecule has 0 fully saturated rings. The molecule has 0 aliphatic carbocycles. The number of furan rings is 2. The van der Waals surface area contributed by atoms with Crippen LogP contribution in [0.3, 0.4) is 0 Å². The molecule has 0 N–H and O–H groups in total. The maximum atomic E-state index is 8.29. The highest BCUT2D eigenvalue weighted by Crippen LogP contribution is 2.47. The molecular formula is C53H35N3O2. The van der Waals surface area contributed by atoms with E-state index in [9.17, 15) is 0 Å². The lowest BCUT2D eigenvalue weighted by Crippen LogP contribution is -2.11. The van der Waals surface area contributed by atoms with Crippen molar-refractivity contribution in [3.05, 3.63) is 198 Å². The Morgan fingerprint density at radius 3 is 1.43 bits per heavy atom. The highest BCUT2D eigenvalue weighted by molar-refractivity contribution is 6.25. The van der Waals surface area contributed by atoms with Gasteiger partial charge in [-0.1, -0.05) is 84.9 Å². The third-order valence-corrected chi connectivity index (χ3v) is 11.4. The van der Waals surface area contributed by atoms with Gasteiger partial charge in [0.25, 0.3) is 0 Å². The first-order valence-electron chi connectivity index (χ1n) is 19.4. The van der Waals surface area contributed by atoms with Crippen LogP contribution in [-0.2, 0) is 0 Å². The monoisotopic (exact) mass is 745 g/mol. The van der Waals surface area contributed by atoms with Crippen molar-refractivity contribution in [2.45, 2.75) is 13.8 Å².